The zero-order chi connectivity index (χ0) is 19.4. The van der Waals surface area contributed by atoms with Crippen molar-refractivity contribution in [3.63, 3.8) is 0 Å². The van der Waals surface area contributed by atoms with Gasteiger partial charge in [0.1, 0.15) is 0 Å². The number of carboxylic acid groups (broad SMARTS) is 1. The molecule has 0 radical (unpaired) electrons. The fraction of sp³-hybridized carbons (Fsp3) is 0.100. The third kappa shape index (κ3) is 4.15. The molecule has 3 rings (SSSR count). The molecule has 27 heavy (non-hydrogen) atoms. The zero-order valence-electron chi connectivity index (χ0n) is 14.5. The number of hydrogen-bond acceptors (Lipinski definition) is 5. The summed E-state index contributed by atoms with van der Waals surface area (Å²) in [6.07, 6.45) is 1.37. The molecular formula is C20H17NO5S. The highest BCUT2D eigenvalue weighted by Gasteiger charge is 2.19. The van der Waals surface area contributed by atoms with Gasteiger partial charge in [-0.25, -0.2) is 13.4 Å². The molecule has 0 aliphatic carbocycles. The molecule has 1 aromatic heterocycles. The molecule has 6 nitrogen and oxygen atoms in total. The number of benzene rings is 2. The molecule has 7 heteroatoms. The second kappa shape index (κ2) is 7.59. The highest BCUT2D eigenvalue weighted by Crippen LogP contribution is 2.27. The number of pyridine rings is 1. The standard InChI is InChI=1S/C20H17NO5S/c1-26-19-9-8-16(13-21-19)15-5-3-7-18(12-15)27(24,25)17-6-2-4-14(10-17)11-20(22)23/h2-10,12-13H,11H2,1H3,(H,22,23). The number of hydrogen-bond donors (Lipinski definition) is 1. The highest BCUT2D eigenvalue weighted by atomic mass is 32.2. The van der Waals surface area contributed by atoms with Crippen LogP contribution in [0.4, 0.5) is 0 Å². The molecule has 0 saturated heterocycles. The van der Waals surface area contributed by atoms with Crippen LogP contribution in [-0.4, -0.2) is 31.6 Å². The second-order valence-electron chi connectivity index (χ2n) is 5.84. The quantitative estimate of drug-likeness (QED) is 0.702. The summed E-state index contributed by atoms with van der Waals surface area (Å²) < 4.78 is 31.0. The van der Waals surface area contributed by atoms with Gasteiger partial charge in [-0.2, -0.15) is 0 Å². The molecule has 0 bridgehead atoms. The Labute approximate surface area is 157 Å². The summed E-state index contributed by atoms with van der Waals surface area (Å²) in [5.41, 5.74) is 1.89. The minimum Gasteiger partial charge on any atom is -0.481 e. The molecule has 2 aromatic carbocycles. The third-order valence-electron chi connectivity index (χ3n) is 3.99. The van der Waals surface area contributed by atoms with Crippen molar-refractivity contribution in [3.05, 3.63) is 72.4 Å². The molecular weight excluding hydrogens is 366 g/mol. The molecule has 0 fully saturated rings. The fourth-order valence-corrected chi connectivity index (χ4v) is 4.02. The van der Waals surface area contributed by atoms with Gasteiger partial charge in [0.2, 0.25) is 15.7 Å². The van der Waals surface area contributed by atoms with Crippen LogP contribution in [0.3, 0.4) is 0 Å². The van der Waals surface area contributed by atoms with Gasteiger partial charge in [-0.3, -0.25) is 4.79 Å². The Bertz CT molecular complexity index is 1080. The van der Waals surface area contributed by atoms with E-state index in [4.69, 9.17) is 9.84 Å². The lowest BCUT2D eigenvalue weighted by Crippen LogP contribution is -2.05. The van der Waals surface area contributed by atoms with Gasteiger partial charge in [0.25, 0.3) is 0 Å². The summed E-state index contributed by atoms with van der Waals surface area (Å²) in [4.78, 5) is 15.2. The number of carboxylic acids is 1. The van der Waals surface area contributed by atoms with Crippen LogP contribution in [0.5, 0.6) is 5.88 Å². The van der Waals surface area contributed by atoms with Crippen LogP contribution in [0, 0.1) is 0 Å². The molecule has 0 atom stereocenters. The Morgan fingerprint density at radius 1 is 1.00 bits per heavy atom. The number of ether oxygens (including phenoxy) is 1. The van der Waals surface area contributed by atoms with Gasteiger partial charge in [-0.15, -0.1) is 0 Å². The average molecular weight is 383 g/mol. The van der Waals surface area contributed by atoms with Gasteiger partial charge in [-0.05, 0) is 41.5 Å². The number of nitrogens with zero attached hydrogens (tertiary/aromatic N) is 1. The first-order chi connectivity index (χ1) is 12.9. The van der Waals surface area contributed by atoms with Crippen molar-refractivity contribution < 1.29 is 23.1 Å². The lowest BCUT2D eigenvalue weighted by molar-refractivity contribution is -0.136. The predicted molar refractivity (Wildman–Crippen MR) is 99.5 cm³/mol. The van der Waals surface area contributed by atoms with E-state index in [0.29, 0.717) is 17.0 Å². The molecule has 3 aromatic rings. The minimum absolute atomic E-state index is 0.0613. The van der Waals surface area contributed by atoms with E-state index in [2.05, 4.69) is 4.98 Å². The summed E-state index contributed by atoms with van der Waals surface area (Å²) in [6.45, 7) is 0. The molecule has 138 valence electrons. The summed E-state index contributed by atoms with van der Waals surface area (Å²) in [6, 6.07) is 16.0. The molecule has 1 N–H and O–H groups in total. The lowest BCUT2D eigenvalue weighted by atomic mass is 10.1. The van der Waals surface area contributed by atoms with Crippen LogP contribution < -0.4 is 4.74 Å². The Morgan fingerprint density at radius 2 is 1.70 bits per heavy atom. The van der Waals surface area contributed by atoms with E-state index in [9.17, 15) is 13.2 Å². The predicted octanol–water partition coefficient (Wildman–Crippen LogP) is 3.22. The zero-order valence-corrected chi connectivity index (χ0v) is 15.3. The van der Waals surface area contributed by atoms with Gasteiger partial charge in [-0.1, -0.05) is 24.3 Å². The summed E-state index contributed by atoms with van der Waals surface area (Å²) in [5.74, 6) is -0.545. The van der Waals surface area contributed by atoms with Gasteiger partial charge in [0.05, 0.1) is 23.3 Å². The van der Waals surface area contributed by atoms with Crippen molar-refractivity contribution in [1.82, 2.24) is 4.98 Å². The molecule has 0 aliphatic rings. The maximum absolute atomic E-state index is 13.0. The van der Waals surface area contributed by atoms with E-state index < -0.39 is 15.8 Å². The van der Waals surface area contributed by atoms with Crippen LogP contribution in [0.2, 0.25) is 0 Å². The Hall–Kier alpha value is -3.19. The number of aliphatic carboxylic acids is 1. The van der Waals surface area contributed by atoms with Gasteiger partial charge in [0, 0.05) is 17.8 Å². The number of aromatic nitrogens is 1. The average Bonchev–Trinajstić information content (AvgIpc) is 2.68. The van der Waals surface area contributed by atoms with E-state index in [1.54, 1.807) is 48.7 Å². The fourth-order valence-electron chi connectivity index (χ4n) is 2.65. The summed E-state index contributed by atoms with van der Waals surface area (Å²) >= 11 is 0. The molecule has 1 heterocycles. The summed E-state index contributed by atoms with van der Waals surface area (Å²) in [5, 5.41) is 8.91. The van der Waals surface area contributed by atoms with Crippen molar-refractivity contribution >= 4 is 15.8 Å². The topological polar surface area (TPSA) is 93.6 Å². The number of rotatable bonds is 6. The van der Waals surface area contributed by atoms with Crippen molar-refractivity contribution in [2.24, 2.45) is 0 Å². The van der Waals surface area contributed by atoms with Crippen LogP contribution in [0.25, 0.3) is 11.1 Å². The Kier molecular flexibility index (Phi) is 5.23. The van der Waals surface area contributed by atoms with Crippen LogP contribution in [0.15, 0.2) is 76.7 Å². The second-order valence-corrected chi connectivity index (χ2v) is 7.79. The van der Waals surface area contributed by atoms with E-state index in [1.807, 2.05) is 0 Å². The van der Waals surface area contributed by atoms with Crippen molar-refractivity contribution in [1.29, 1.82) is 0 Å². The smallest absolute Gasteiger partial charge is 0.307 e. The monoisotopic (exact) mass is 383 g/mol. The van der Waals surface area contributed by atoms with Crippen LogP contribution >= 0.6 is 0 Å². The number of methoxy groups -OCH3 is 1. The molecule has 0 aliphatic heterocycles. The maximum atomic E-state index is 13.0. The van der Waals surface area contributed by atoms with E-state index in [0.717, 1.165) is 5.56 Å². The normalized spacial score (nSPS) is 11.1. The molecule has 0 saturated carbocycles. The minimum atomic E-state index is -3.78. The van der Waals surface area contributed by atoms with Crippen molar-refractivity contribution in [2.45, 2.75) is 16.2 Å². The van der Waals surface area contributed by atoms with E-state index >= 15 is 0 Å². The molecule has 0 spiro atoms. The first kappa shape index (κ1) is 18.6. The van der Waals surface area contributed by atoms with E-state index in [-0.39, 0.29) is 16.2 Å². The first-order valence-corrected chi connectivity index (χ1v) is 9.55. The Balaban J connectivity index is 1.99. The van der Waals surface area contributed by atoms with Gasteiger partial charge < -0.3 is 9.84 Å². The third-order valence-corrected chi connectivity index (χ3v) is 5.74. The van der Waals surface area contributed by atoms with Crippen molar-refractivity contribution in [3.8, 4) is 17.0 Å². The SMILES string of the molecule is COc1ccc(-c2cccc(S(=O)(=O)c3cccc(CC(=O)O)c3)c2)cn1. The van der Waals surface area contributed by atoms with E-state index in [1.165, 1.54) is 25.3 Å². The van der Waals surface area contributed by atoms with Gasteiger partial charge in [0.15, 0.2) is 0 Å². The molecule has 0 unspecified atom stereocenters. The summed E-state index contributed by atoms with van der Waals surface area (Å²) in [7, 11) is -2.26. The highest BCUT2D eigenvalue weighted by molar-refractivity contribution is 7.91. The number of sulfone groups is 1. The lowest BCUT2D eigenvalue weighted by Gasteiger charge is -2.09. The van der Waals surface area contributed by atoms with Crippen molar-refractivity contribution in [2.75, 3.05) is 7.11 Å². The molecule has 0 amide bonds. The van der Waals surface area contributed by atoms with Crippen LogP contribution in [-0.2, 0) is 21.1 Å². The van der Waals surface area contributed by atoms with Gasteiger partial charge >= 0.3 is 5.97 Å². The largest absolute Gasteiger partial charge is 0.481 e. The number of carbonyl (C=O) groups is 1. The first-order valence-electron chi connectivity index (χ1n) is 8.06. The van der Waals surface area contributed by atoms with Crippen LogP contribution in [0.1, 0.15) is 5.56 Å². The Morgan fingerprint density at radius 3 is 2.33 bits per heavy atom. The maximum Gasteiger partial charge on any atom is 0.307 e.